The van der Waals surface area contributed by atoms with Gasteiger partial charge >= 0.3 is 0 Å². The molecule has 0 radical (unpaired) electrons. The van der Waals surface area contributed by atoms with Crippen molar-refractivity contribution in [3.8, 4) is 0 Å². The zero-order chi connectivity index (χ0) is 13.9. The second-order valence-electron chi connectivity index (χ2n) is 4.28. The SMILES string of the molecule is CCOCCS(=O)(=O)N1CCC(=O)c2ccccc21. The van der Waals surface area contributed by atoms with Gasteiger partial charge in [-0.15, -0.1) is 0 Å². The molecule has 0 amide bonds. The highest BCUT2D eigenvalue weighted by Crippen LogP contribution is 2.29. The van der Waals surface area contributed by atoms with Gasteiger partial charge in [0, 0.05) is 25.1 Å². The number of para-hydroxylation sites is 1. The van der Waals surface area contributed by atoms with Gasteiger partial charge in [-0.2, -0.15) is 0 Å². The van der Waals surface area contributed by atoms with Crippen molar-refractivity contribution in [3.63, 3.8) is 0 Å². The molecular formula is C13H17NO4S. The number of fused-ring (bicyclic) bond motifs is 1. The Labute approximate surface area is 113 Å². The summed E-state index contributed by atoms with van der Waals surface area (Å²) in [4.78, 5) is 11.8. The Bertz CT molecular complexity index is 568. The molecule has 1 heterocycles. The lowest BCUT2D eigenvalue weighted by Gasteiger charge is -2.29. The Kier molecular flexibility index (Phi) is 4.21. The predicted molar refractivity (Wildman–Crippen MR) is 73.0 cm³/mol. The maximum Gasteiger partial charge on any atom is 0.237 e. The van der Waals surface area contributed by atoms with E-state index in [4.69, 9.17) is 4.74 Å². The summed E-state index contributed by atoms with van der Waals surface area (Å²) >= 11 is 0. The number of nitrogens with zero attached hydrogens (tertiary/aromatic N) is 1. The van der Waals surface area contributed by atoms with Crippen molar-refractivity contribution in [1.29, 1.82) is 0 Å². The minimum absolute atomic E-state index is 0.00754. The van der Waals surface area contributed by atoms with Gasteiger partial charge in [-0.1, -0.05) is 12.1 Å². The van der Waals surface area contributed by atoms with Crippen LogP contribution in [0, 0.1) is 0 Å². The molecular weight excluding hydrogens is 266 g/mol. The molecule has 5 nitrogen and oxygen atoms in total. The molecule has 0 fully saturated rings. The van der Waals surface area contributed by atoms with Crippen LogP contribution in [0.3, 0.4) is 0 Å². The predicted octanol–water partition coefficient (Wildman–Crippen LogP) is 1.45. The van der Waals surface area contributed by atoms with Gasteiger partial charge in [0.1, 0.15) is 0 Å². The smallest absolute Gasteiger partial charge is 0.237 e. The van der Waals surface area contributed by atoms with Crippen LogP contribution >= 0.6 is 0 Å². The Morgan fingerprint density at radius 2 is 2.05 bits per heavy atom. The van der Waals surface area contributed by atoms with Gasteiger partial charge in [0.25, 0.3) is 0 Å². The average molecular weight is 283 g/mol. The number of hydrogen-bond acceptors (Lipinski definition) is 4. The average Bonchev–Trinajstić information content (AvgIpc) is 2.39. The third-order valence-electron chi connectivity index (χ3n) is 3.04. The summed E-state index contributed by atoms with van der Waals surface area (Å²) in [5, 5.41) is 0. The number of carbonyl (C=O) groups excluding carboxylic acids is 1. The van der Waals surface area contributed by atoms with Crippen LogP contribution < -0.4 is 4.31 Å². The van der Waals surface area contributed by atoms with E-state index in [2.05, 4.69) is 0 Å². The van der Waals surface area contributed by atoms with Crippen molar-refractivity contribution in [2.75, 3.05) is 29.8 Å². The van der Waals surface area contributed by atoms with E-state index in [0.29, 0.717) is 17.9 Å². The highest BCUT2D eigenvalue weighted by molar-refractivity contribution is 7.92. The molecule has 1 aromatic rings. The molecule has 0 saturated heterocycles. The zero-order valence-electron chi connectivity index (χ0n) is 10.8. The van der Waals surface area contributed by atoms with E-state index in [1.165, 1.54) is 4.31 Å². The lowest BCUT2D eigenvalue weighted by molar-refractivity contribution is 0.0982. The number of Topliss-reactive ketones (excluding diaryl/α,β-unsaturated/α-hetero) is 1. The molecule has 0 N–H and O–H groups in total. The zero-order valence-corrected chi connectivity index (χ0v) is 11.6. The number of carbonyl (C=O) groups is 1. The van der Waals surface area contributed by atoms with Gasteiger partial charge in [0.2, 0.25) is 10.0 Å². The van der Waals surface area contributed by atoms with Crippen LogP contribution in [0.15, 0.2) is 24.3 Å². The first kappa shape index (κ1) is 14.0. The standard InChI is InChI=1S/C13H17NO4S/c1-2-18-9-10-19(16,17)14-8-7-13(15)11-5-3-4-6-12(11)14/h3-6H,2,7-10H2,1H3. The van der Waals surface area contributed by atoms with Gasteiger partial charge in [0.15, 0.2) is 5.78 Å². The van der Waals surface area contributed by atoms with Crippen molar-refractivity contribution in [3.05, 3.63) is 29.8 Å². The lowest BCUT2D eigenvalue weighted by Crippen LogP contribution is -2.39. The van der Waals surface area contributed by atoms with E-state index < -0.39 is 10.0 Å². The summed E-state index contributed by atoms with van der Waals surface area (Å²) in [6.07, 6.45) is 0.227. The number of anilines is 1. The monoisotopic (exact) mass is 283 g/mol. The highest BCUT2D eigenvalue weighted by Gasteiger charge is 2.30. The molecule has 104 valence electrons. The van der Waals surface area contributed by atoms with E-state index in [9.17, 15) is 13.2 Å². The van der Waals surface area contributed by atoms with Gasteiger partial charge in [-0.25, -0.2) is 8.42 Å². The van der Waals surface area contributed by atoms with Crippen molar-refractivity contribution in [2.24, 2.45) is 0 Å². The van der Waals surface area contributed by atoms with Crippen LogP contribution in [-0.4, -0.2) is 39.7 Å². The Morgan fingerprint density at radius 3 is 2.79 bits per heavy atom. The quantitative estimate of drug-likeness (QED) is 0.767. The van der Waals surface area contributed by atoms with Gasteiger partial charge in [-0.05, 0) is 19.1 Å². The molecule has 6 heteroatoms. The maximum absolute atomic E-state index is 12.3. The fourth-order valence-corrected chi connectivity index (χ4v) is 3.47. The number of hydrogen-bond donors (Lipinski definition) is 0. The van der Waals surface area contributed by atoms with Crippen LogP contribution in [0.25, 0.3) is 0 Å². The molecule has 0 saturated carbocycles. The van der Waals surface area contributed by atoms with E-state index >= 15 is 0 Å². The molecule has 0 aromatic heterocycles. The molecule has 0 spiro atoms. The van der Waals surface area contributed by atoms with Gasteiger partial charge < -0.3 is 4.74 Å². The summed E-state index contributed by atoms with van der Waals surface area (Å²) in [5.74, 6) is -0.0736. The fraction of sp³-hybridized carbons (Fsp3) is 0.462. The summed E-state index contributed by atoms with van der Waals surface area (Å²) < 4.78 is 30.9. The first-order chi connectivity index (χ1) is 9.06. The van der Waals surface area contributed by atoms with Crippen LogP contribution in [0.5, 0.6) is 0 Å². The molecule has 0 unspecified atom stereocenters. The molecule has 1 aliphatic heterocycles. The van der Waals surface area contributed by atoms with Crippen LogP contribution in [0.1, 0.15) is 23.7 Å². The maximum atomic E-state index is 12.3. The number of ether oxygens (including phenoxy) is 1. The van der Waals surface area contributed by atoms with Crippen LogP contribution in [0.2, 0.25) is 0 Å². The second kappa shape index (κ2) is 5.71. The van der Waals surface area contributed by atoms with Crippen molar-refractivity contribution in [1.82, 2.24) is 0 Å². The highest BCUT2D eigenvalue weighted by atomic mass is 32.2. The minimum Gasteiger partial charge on any atom is -0.381 e. The van der Waals surface area contributed by atoms with E-state index in [1.54, 1.807) is 24.3 Å². The molecule has 2 rings (SSSR count). The van der Waals surface area contributed by atoms with E-state index in [1.807, 2.05) is 6.92 Å². The first-order valence-corrected chi connectivity index (χ1v) is 7.87. The largest absolute Gasteiger partial charge is 0.381 e. The normalized spacial score (nSPS) is 15.4. The number of benzene rings is 1. The minimum atomic E-state index is -3.44. The van der Waals surface area contributed by atoms with Crippen molar-refractivity contribution >= 4 is 21.5 Å². The Morgan fingerprint density at radius 1 is 1.32 bits per heavy atom. The molecule has 1 aliphatic rings. The molecule has 1 aromatic carbocycles. The summed E-state index contributed by atoms with van der Waals surface area (Å²) in [7, 11) is -3.44. The van der Waals surface area contributed by atoms with Gasteiger partial charge in [0.05, 0.1) is 18.0 Å². The summed E-state index contributed by atoms with van der Waals surface area (Å²) in [6.45, 7) is 2.70. The summed E-state index contributed by atoms with van der Waals surface area (Å²) in [6, 6.07) is 6.82. The van der Waals surface area contributed by atoms with Crippen molar-refractivity contribution < 1.29 is 17.9 Å². The fourth-order valence-electron chi connectivity index (χ4n) is 2.09. The van der Waals surface area contributed by atoms with Gasteiger partial charge in [-0.3, -0.25) is 9.10 Å². The number of rotatable bonds is 5. The second-order valence-corrected chi connectivity index (χ2v) is 6.29. The topological polar surface area (TPSA) is 63.7 Å². The van der Waals surface area contributed by atoms with Crippen LogP contribution in [-0.2, 0) is 14.8 Å². The van der Waals surface area contributed by atoms with Crippen molar-refractivity contribution in [2.45, 2.75) is 13.3 Å². The first-order valence-electron chi connectivity index (χ1n) is 6.26. The van der Waals surface area contributed by atoms with Crippen LogP contribution in [0.4, 0.5) is 5.69 Å². The third-order valence-corrected chi connectivity index (χ3v) is 4.77. The lowest BCUT2D eigenvalue weighted by atomic mass is 10.0. The summed E-state index contributed by atoms with van der Waals surface area (Å²) in [5.41, 5.74) is 0.962. The Hall–Kier alpha value is -1.40. The molecule has 19 heavy (non-hydrogen) atoms. The number of sulfonamides is 1. The Balaban J connectivity index is 2.27. The number of ketones is 1. The van der Waals surface area contributed by atoms with E-state index in [-0.39, 0.29) is 31.1 Å². The van der Waals surface area contributed by atoms with E-state index in [0.717, 1.165) is 0 Å². The molecule has 0 bridgehead atoms. The molecule has 0 aliphatic carbocycles. The third kappa shape index (κ3) is 2.96. The molecule has 0 atom stereocenters.